The fraction of sp³-hybridized carbons (Fsp3) is 0.600. The van der Waals surface area contributed by atoms with Crippen molar-refractivity contribution >= 4 is 23.2 Å². The third-order valence-electron chi connectivity index (χ3n) is 2.90. The van der Waals surface area contributed by atoms with Crippen LogP contribution in [-0.4, -0.2) is 23.3 Å². The van der Waals surface area contributed by atoms with Crippen LogP contribution in [0.4, 0.5) is 0 Å². The van der Waals surface area contributed by atoms with Crippen molar-refractivity contribution in [2.75, 3.05) is 6.54 Å². The molecule has 0 radical (unpaired) electrons. The largest absolute Gasteiger partial charge is 0.391 e. The average molecular weight is 304 g/mol. The van der Waals surface area contributed by atoms with E-state index in [-0.39, 0.29) is 0 Å². The number of hydrogen-bond acceptors (Lipinski definition) is 2. The Labute approximate surface area is 126 Å². The van der Waals surface area contributed by atoms with Crippen LogP contribution < -0.4 is 5.32 Å². The number of benzene rings is 1. The minimum absolute atomic E-state index is 0.500. The second-order valence-corrected chi connectivity index (χ2v) is 6.80. The molecule has 0 saturated carbocycles. The highest BCUT2D eigenvalue weighted by molar-refractivity contribution is 6.42. The lowest BCUT2D eigenvalue weighted by Crippen LogP contribution is -2.21. The predicted octanol–water partition coefficient (Wildman–Crippen LogP) is 4.24. The number of hydrogen-bond donors (Lipinski definition) is 2. The summed E-state index contributed by atoms with van der Waals surface area (Å²) in [6, 6.07) is 6.47. The van der Waals surface area contributed by atoms with E-state index >= 15 is 0 Å². The summed E-state index contributed by atoms with van der Waals surface area (Å²) in [4.78, 5) is 0. The zero-order chi connectivity index (χ0) is 14.6. The molecule has 2 N–H and O–H groups in total. The highest BCUT2D eigenvalue weighted by Crippen LogP contribution is 2.31. The van der Waals surface area contributed by atoms with Crippen LogP contribution in [0.15, 0.2) is 18.2 Å². The standard InChI is InChI=1S/C11H13Cl2N.C4H10O/c1-7-9(4-5-14-7)8-2-3-10(12)11(13)6-8;1-4(2,3)5/h2-3,6-7,9,14H,4-5H2,1H3;5H,1-3H3. The Kier molecular flexibility index (Phi) is 6.13. The zero-order valence-electron chi connectivity index (χ0n) is 12.0. The maximum Gasteiger partial charge on any atom is 0.0595 e. The Morgan fingerprint density at radius 1 is 1.21 bits per heavy atom. The average Bonchev–Trinajstić information content (AvgIpc) is 2.66. The molecule has 2 atom stereocenters. The molecule has 0 aliphatic carbocycles. The first-order valence-corrected chi connectivity index (χ1v) is 7.35. The van der Waals surface area contributed by atoms with E-state index < -0.39 is 5.60 Å². The summed E-state index contributed by atoms with van der Waals surface area (Å²) in [5.74, 6) is 0.574. The van der Waals surface area contributed by atoms with Gasteiger partial charge in [-0.05, 0) is 58.4 Å². The van der Waals surface area contributed by atoms with Crippen LogP contribution in [0, 0.1) is 0 Å². The number of nitrogens with one attached hydrogen (secondary N) is 1. The highest BCUT2D eigenvalue weighted by atomic mass is 35.5. The van der Waals surface area contributed by atoms with Crippen molar-refractivity contribution < 1.29 is 5.11 Å². The molecule has 0 amide bonds. The third kappa shape index (κ3) is 6.13. The van der Waals surface area contributed by atoms with Crippen molar-refractivity contribution in [3.8, 4) is 0 Å². The third-order valence-corrected chi connectivity index (χ3v) is 3.64. The van der Waals surface area contributed by atoms with Crippen molar-refractivity contribution in [3.63, 3.8) is 0 Å². The van der Waals surface area contributed by atoms with Crippen LogP contribution in [0.1, 0.15) is 45.6 Å². The van der Waals surface area contributed by atoms with Gasteiger partial charge in [0.2, 0.25) is 0 Å². The van der Waals surface area contributed by atoms with Gasteiger partial charge in [-0.3, -0.25) is 0 Å². The van der Waals surface area contributed by atoms with E-state index in [9.17, 15) is 0 Å². The second-order valence-electron chi connectivity index (χ2n) is 5.98. The minimum Gasteiger partial charge on any atom is -0.391 e. The molecular formula is C15H23Cl2NO. The SMILES string of the molecule is CC(C)(C)O.CC1NCCC1c1ccc(Cl)c(Cl)c1. The van der Waals surface area contributed by atoms with E-state index in [2.05, 4.69) is 18.3 Å². The van der Waals surface area contributed by atoms with E-state index in [4.69, 9.17) is 28.3 Å². The lowest BCUT2D eigenvalue weighted by atomic mass is 9.93. The molecule has 19 heavy (non-hydrogen) atoms. The van der Waals surface area contributed by atoms with E-state index in [1.54, 1.807) is 20.8 Å². The summed E-state index contributed by atoms with van der Waals surface area (Å²) in [5, 5.41) is 13.2. The van der Waals surface area contributed by atoms with Gasteiger partial charge in [-0.15, -0.1) is 0 Å². The molecule has 1 aliphatic rings. The Bertz CT molecular complexity index is 409. The molecule has 0 aromatic heterocycles. The van der Waals surface area contributed by atoms with Crippen molar-refractivity contribution in [2.45, 2.75) is 51.7 Å². The minimum atomic E-state index is -0.500. The Hall–Kier alpha value is -0.280. The van der Waals surface area contributed by atoms with Gasteiger partial charge in [0.1, 0.15) is 0 Å². The first-order valence-electron chi connectivity index (χ1n) is 6.59. The molecule has 2 rings (SSSR count). The van der Waals surface area contributed by atoms with Gasteiger partial charge in [0.15, 0.2) is 0 Å². The van der Waals surface area contributed by atoms with Crippen LogP contribution >= 0.6 is 23.2 Å². The van der Waals surface area contributed by atoms with E-state index in [0.717, 1.165) is 6.54 Å². The van der Waals surface area contributed by atoms with Crippen molar-refractivity contribution in [1.29, 1.82) is 0 Å². The molecule has 1 heterocycles. The maximum absolute atomic E-state index is 8.52. The molecule has 1 saturated heterocycles. The Morgan fingerprint density at radius 3 is 2.21 bits per heavy atom. The van der Waals surface area contributed by atoms with Gasteiger partial charge < -0.3 is 10.4 Å². The van der Waals surface area contributed by atoms with E-state index in [1.165, 1.54) is 12.0 Å². The lowest BCUT2D eigenvalue weighted by Gasteiger charge is -2.15. The topological polar surface area (TPSA) is 32.3 Å². The molecule has 1 aliphatic heterocycles. The predicted molar refractivity (Wildman–Crippen MR) is 83.3 cm³/mol. The molecule has 1 fully saturated rings. The first kappa shape index (κ1) is 16.8. The summed E-state index contributed by atoms with van der Waals surface area (Å²) in [5.41, 5.74) is 0.789. The first-order chi connectivity index (χ1) is 8.68. The highest BCUT2D eigenvalue weighted by Gasteiger charge is 2.24. The fourth-order valence-corrected chi connectivity index (χ4v) is 2.36. The van der Waals surface area contributed by atoms with Gasteiger partial charge in [-0.25, -0.2) is 0 Å². The smallest absolute Gasteiger partial charge is 0.0595 e. The monoisotopic (exact) mass is 303 g/mol. The van der Waals surface area contributed by atoms with Crippen LogP contribution in [0.2, 0.25) is 10.0 Å². The lowest BCUT2D eigenvalue weighted by molar-refractivity contribution is 0.102. The molecule has 2 nitrogen and oxygen atoms in total. The summed E-state index contributed by atoms with van der Waals surface area (Å²) < 4.78 is 0. The summed E-state index contributed by atoms with van der Waals surface area (Å²) in [6.07, 6.45) is 1.18. The quantitative estimate of drug-likeness (QED) is 0.813. The Balaban J connectivity index is 0.000000312. The molecule has 2 unspecified atom stereocenters. The second kappa shape index (κ2) is 6.94. The molecule has 108 valence electrons. The van der Waals surface area contributed by atoms with E-state index in [0.29, 0.717) is 22.0 Å². The molecule has 1 aromatic carbocycles. The van der Waals surface area contributed by atoms with Gasteiger partial charge in [-0.2, -0.15) is 0 Å². The summed E-state index contributed by atoms with van der Waals surface area (Å²) in [7, 11) is 0. The molecule has 0 bridgehead atoms. The zero-order valence-corrected chi connectivity index (χ0v) is 13.5. The summed E-state index contributed by atoms with van der Waals surface area (Å²) >= 11 is 11.9. The normalized spacial score (nSPS) is 22.9. The maximum atomic E-state index is 8.52. The molecule has 1 aromatic rings. The van der Waals surface area contributed by atoms with Gasteiger partial charge in [-0.1, -0.05) is 29.3 Å². The van der Waals surface area contributed by atoms with Crippen molar-refractivity contribution in [2.24, 2.45) is 0 Å². The van der Waals surface area contributed by atoms with Gasteiger partial charge in [0.05, 0.1) is 15.6 Å². The number of aliphatic hydroxyl groups is 1. The van der Waals surface area contributed by atoms with Gasteiger partial charge >= 0.3 is 0 Å². The van der Waals surface area contributed by atoms with Crippen LogP contribution in [0.3, 0.4) is 0 Å². The van der Waals surface area contributed by atoms with Crippen molar-refractivity contribution in [1.82, 2.24) is 5.32 Å². The Morgan fingerprint density at radius 2 is 1.79 bits per heavy atom. The van der Waals surface area contributed by atoms with E-state index in [1.807, 2.05) is 12.1 Å². The summed E-state index contributed by atoms with van der Waals surface area (Å²) in [6.45, 7) is 8.53. The molecular weight excluding hydrogens is 281 g/mol. The van der Waals surface area contributed by atoms with Gasteiger partial charge in [0.25, 0.3) is 0 Å². The van der Waals surface area contributed by atoms with Crippen LogP contribution in [0.5, 0.6) is 0 Å². The van der Waals surface area contributed by atoms with Crippen LogP contribution in [0.25, 0.3) is 0 Å². The van der Waals surface area contributed by atoms with Crippen molar-refractivity contribution in [3.05, 3.63) is 33.8 Å². The molecule has 4 heteroatoms. The van der Waals surface area contributed by atoms with Crippen LogP contribution in [-0.2, 0) is 0 Å². The molecule has 0 spiro atoms. The number of halogens is 2. The van der Waals surface area contributed by atoms with Gasteiger partial charge in [0, 0.05) is 12.0 Å². The fourth-order valence-electron chi connectivity index (χ4n) is 2.06. The number of rotatable bonds is 1.